The molecule has 154 valence electrons. The van der Waals surface area contributed by atoms with Crippen LogP contribution in [0.25, 0.3) is 0 Å². The summed E-state index contributed by atoms with van der Waals surface area (Å²) in [5.41, 5.74) is 0. The van der Waals surface area contributed by atoms with Gasteiger partial charge >= 0.3 is 0 Å². The van der Waals surface area contributed by atoms with Crippen LogP contribution in [0.2, 0.25) is 0 Å². The van der Waals surface area contributed by atoms with Gasteiger partial charge in [0.05, 0.1) is 0 Å². The zero-order valence-corrected chi connectivity index (χ0v) is 18.5. The van der Waals surface area contributed by atoms with Crippen molar-refractivity contribution >= 4 is 41.8 Å². The fraction of sp³-hybridized carbons (Fsp3) is 0.833. The molecule has 0 aromatic carbocycles. The molecule has 8 nitrogen and oxygen atoms in total. The first kappa shape index (κ1) is 22.2. The summed E-state index contributed by atoms with van der Waals surface area (Å²) in [5, 5.41) is 9.59. The number of rotatable bonds is 5. The summed E-state index contributed by atoms with van der Waals surface area (Å²) in [7, 11) is 1.77. The van der Waals surface area contributed by atoms with E-state index in [0.29, 0.717) is 24.8 Å². The first-order valence-electron chi connectivity index (χ1n) is 9.90. The van der Waals surface area contributed by atoms with Gasteiger partial charge in [-0.15, -0.1) is 24.0 Å². The molecule has 0 aromatic rings. The van der Waals surface area contributed by atoms with Gasteiger partial charge in [-0.05, 0) is 19.3 Å². The monoisotopic (exact) mass is 492 g/mol. The molecule has 27 heavy (non-hydrogen) atoms. The fourth-order valence-electron chi connectivity index (χ4n) is 3.68. The molecule has 2 saturated heterocycles. The zero-order valence-electron chi connectivity index (χ0n) is 16.2. The molecule has 1 saturated carbocycles. The van der Waals surface area contributed by atoms with Crippen LogP contribution in [0, 0.1) is 5.92 Å². The maximum absolute atomic E-state index is 12.3. The molecule has 0 spiro atoms. The highest BCUT2D eigenvalue weighted by molar-refractivity contribution is 14.0. The summed E-state index contributed by atoms with van der Waals surface area (Å²) in [6.45, 7) is 6.00. The SMILES string of the molecule is CN=C(NCCN1CCN(C(=O)C2CCC2)CC1)NC1CCC(=O)NC1.I. The number of halogens is 1. The van der Waals surface area contributed by atoms with Gasteiger partial charge in [-0.25, -0.2) is 0 Å². The Balaban J connectivity index is 0.00000261. The van der Waals surface area contributed by atoms with Crippen molar-refractivity contribution in [2.24, 2.45) is 10.9 Å². The predicted molar refractivity (Wildman–Crippen MR) is 116 cm³/mol. The van der Waals surface area contributed by atoms with Crippen LogP contribution < -0.4 is 16.0 Å². The quantitative estimate of drug-likeness (QED) is 0.286. The van der Waals surface area contributed by atoms with Crippen molar-refractivity contribution in [2.75, 3.05) is 52.9 Å². The molecule has 3 N–H and O–H groups in total. The van der Waals surface area contributed by atoms with Crippen molar-refractivity contribution in [3.05, 3.63) is 0 Å². The normalized spacial score (nSPS) is 24.5. The number of hydrogen-bond donors (Lipinski definition) is 3. The Kier molecular flexibility index (Phi) is 9.07. The topological polar surface area (TPSA) is 89.1 Å². The number of nitrogens with zero attached hydrogens (tertiary/aromatic N) is 3. The second-order valence-corrected chi connectivity index (χ2v) is 7.48. The van der Waals surface area contributed by atoms with Crippen LogP contribution in [0.4, 0.5) is 0 Å². The van der Waals surface area contributed by atoms with Crippen LogP contribution >= 0.6 is 24.0 Å². The van der Waals surface area contributed by atoms with Crippen molar-refractivity contribution in [2.45, 2.75) is 38.1 Å². The number of hydrogen-bond acceptors (Lipinski definition) is 4. The molecular weight excluding hydrogens is 459 g/mol. The molecule has 1 aliphatic carbocycles. The highest BCUT2D eigenvalue weighted by atomic mass is 127. The third kappa shape index (κ3) is 6.48. The second kappa shape index (κ2) is 11.0. The van der Waals surface area contributed by atoms with Crippen LogP contribution in [0.15, 0.2) is 4.99 Å². The number of guanidine groups is 1. The molecule has 2 aliphatic heterocycles. The maximum atomic E-state index is 12.3. The third-order valence-corrected chi connectivity index (χ3v) is 5.69. The van der Waals surface area contributed by atoms with Gasteiger partial charge in [0.15, 0.2) is 5.96 Å². The highest BCUT2D eigenvalue weighted by Gasteiger charge is 2.31. The molecule has 3 aliphatic rings. The van der Waals surface area contributed by atoms with Crippen LogP contribution in [0.3, 0.4) is 0 Å². The molecule has 0 radical (unpaired) electrons. The van der Waals surface area contributed by atoms with E-state index in [-0.39, 0.29) is 35.9 Å². The lowest BCUT2D eigenvalue weighted by Gasteiger charge is -2.38. The average Bonchev–Trinajstić information content (AvgIpc) is 2.61. The van der Waals surface area contributed by atoms with E-state index in [2.05, 4.69) is 25.8 Å². The van der Waals surface area contributed by atoms with E-state index in [1.165, 1.54) is 6.42 Å². The van der Waals surface area contributed by atoms with Gasteiger partial charge < -0.3 is 20.9 Å². The number of carbonyl (C=O) groups excluding carboxylic acids is 2. The minimum atomic E-state index is 0. The molecule has 0 bridgehead atoms. The van der Waals surface area contributed by atoms with Crippen molar-refractivity contribution in [3.63, 3.8) is 0 Å². The van der Waals surface area contributed by atoms with Crippen LogP contribution in [-0.2, 0) is 9.59 Å². The van der Waals surface area contributed by atoms with E-state index < -0.39 is 0 Å². The van der Waals surface area contributed by atoms with Gasteiger partial charge in [-0.3, -0.25) is 19.5 Å². The fourth-order valence-corrected chi connectivity index (χ4v) is 3.68. The zero-order chi connectivity index (χ0) is 18.4. The Hall–Kier alpha value is -1.10. The van der Waals surface area contributed by atoms with Crippen molar-refractivity contribution in [1.82, 2.24) is 25.8 Å². The minimum Gasteiger partial charge on any atom is -0.355 e. The minimum absolute atomic E-state index is 0. The first-order chi connectivity index (χ1) is 12.7. The molecule has 2 amide bonds. The molecule has 9 heteroatoms. The molecule has 1 atom stereocenters. The lowest BCUT2D eigenvalue weighted by molar-refractivity contribution is -0.139. The standard InChI is InChI=1S/C18H32N6O2.HI/c1-19-18(22-15-5-6-16(25)21-13-15)20-7-8-23-9-11-24(12-10-23)17(26)14-3-2-4-14;/h14-15H,2-13H2,1H3,(H,21,25)(H2,19,20,22);1H. The Labute approximate surface area is 178 Å². The molecule has 0 aromatic heterocycles. The van der Waals surface area contributed by atoms with Crippen LogP contribution in [-0.4, -0.2) is 86.5 Å². The number of aliphatic imine (C=N–C) groups is 1. The van der Waals surface area contributed by atoms with Crippen molar-refractivity contribution < 1.29 is 9.59 Å². The largest absolute Gasteiger partial charge is 0.355 e. The summed E-state index contributed by atoms with van der Waals surface area (Å²) in [4.78, 5) is 32.2. The van der Waals surface area contributed by atoms with Crippen molar-refractivity contribution in [3.8, 4) is 0 Å². The summed E-state index contributed by atoms with van der Waals surface area (Å²) >= 11 is 0. The van der Waals surface area contributed by atoms with E-state index >= 15 is 0 Å². The van der Waals surface area contributed by atoms with Crippen molar-refractivity contribution in [1.29, 1.82) is 0 Å². The van der Waals surface area contributed by atoms with Crippen LogP contribution in [0.1, 0.15) is 32.1 Å². The number of nitrogens with one attached hydrogen (secondary N) is 3. The summed E-state index contributed by atoms with van der Waals surface area (Å²) < 4.78 is 0. The molecule has 1 unspecified atom stereocenters. The summed E-state index contributed by atoms with van der Waals surface area (Å²) in [5.74, 6) is 1.59. The molecule has 3 rings (SSSR count). The van der Waals surface area contributed by atoms with E-state index in [0.717, 1.165) is 64.5 Å². The van der Waals surface area contributed by atoms with Gasteiger partial charge in [0, 0.05) is 71.2 Å². The highest BCUT2D eigenvalue weighted by Crippen LogP contribution is 2.28. The Morgan fingerprint density at radius 1 is 1.22 bits per heavy atom. The van der Waals surface area contributed by atoms with E-state index in [1.54, 1.807) is 7.05 Å². The smallest absolute Gasteiger partial charge is 0.225 e. The Morgan fingerprint density at radius 3 is 2.52 bits per heavy atom. The lowest BCUT2D eigenvalue weighted by Crippen LogP contribution is -2.54. The number of piperazine rings is 1. The first-order valence-corrected chi connectivity index (χ1v) is 9.90. The van der Waals surface area contributed by atoms with Gasteiger partial charge in [0.2, 0.25) is 11.8 Å². The van der Waals surface area contributed by atoms with E-state index in [9.17, 15) is 9.59 Å². The van der Waals surface area contributed by atoms with E-state index in [1.807, 2.05) is 4.90 Å². The number of amides is 2. The predicted octanol–water partition coefficient (Wildman–Crippen LogP) is -0.00770. The molecular formula is C18H33IN6O2. The summed E-state index contributed by atoms with van der Waals surface area (Å²) in [6, 6.07) is 0.236. The van der Waals surface area contributed by atoms with Gasteiger partial charge in [0.25, 0.3) is 0 Å². The Bertz CT molecular complexity index is 522. The average molecular weight is 492 g/mol. The maximum Gasteiger partial charge on any atom is 0.225 e. The van der Waals surface area contributed by atoms with Gasteiger partial charge in [-0.2, -0.15) is 0 Å². The molecule has 3 fully saturated rings. The van der Waals surface area contributed by atoms with Gasteiger partial charge in [-0.1, -0.05) is 6.42 Å². The lowest BCUT2D eigenvalue weighted by atomic mass is 9.84. The summed E-state index contributed by atoms with van der Waals surface area (Å²) in [6.07, 6.45) is 4.78. The Morgan fingerprint density at radius 2 is 1.96 bits per heavy atom. The van der Waals surface area contributed by atoms with Gasteiger partial charge in [0.1, 0.15) is 0 Å². The van der Waals surface area contributed by atoms with E-state index in [4.69, 9.17) is 0 Å². The number of carbonyl (C=O) groups is 2. The molecule has 2 heterocycles. The van der Waals surface area contributed by atoms with Crippen LogP contribution in [0.5, 0.6) is 0 Å². The number of piperidine rings is 1. The third-order valence-electron chi connectivity index (χ3n) is 5.69. The second-order valence-electron chi connectivity index (χ2n) is 7.48.